The maximum absolute atomic E-state index is 12.7. The zero-order valence-electron chi connectivity index (χ0n) is 14.9. The maximum Gasteiger partial charge on any atom is 0.243 e. The van der Waals surface area contributed by atoms with Crippen molar-refractivity contribution in [2.45, 2.75) is 17.7 Å². The molecular weight excluding hydrogens is 421 g/mol. The van der Waals surface area contributed by atoms with Gasteiger partial charge < -0.3 is 0 Å². The molecule has 6 nitrogen and oxygen atoms in total. The normalized spacial score (nSPS) is 16.4. The summed E-state index contributed by atoms with van der Waals surface area (Å²) in [5.74, 6) is -0.493. The number of sulfonamides is 1. The first-order valence-corrected chi connectivity index (χ1v) is 10.9. The van der Waals surface area contributed by atoms with Crippen molar-refractivity contribution in [1.82, 2.24) is 9.73 Å². The van der Waals surface area contributed by atoms with Gasteiger partial charge in [-0.3, -0.25) is 4.79 Å². The molecule has 0 atom stereocenters. The van der Waals surface area contributed by atoms with E-state index in [0.29, 0.717) is 22.9 Å². The number of carbonyl (C=O) groups excluding carboxylic acids is 1. The van der Waals surface area contributed by atoms with Gasteiger partial charge in [0.2, 0.25) is 15.9 Å². The van der Waals surface area contributed by atoms with Gasteiger partial charge in [-0.25, -0.2) is 13.8 Å². The molecule has 1 saturated heterocycles. The predicted molar refractivity (Wildman–Crippen MR) is 110 cm³/mol. The molecule has 0 spiro atoms. The van der Waals surface area contributed by atoms with Gasteiger partial charge in [0.05, 0.1) is 11.1 Å². The number of halogens is 2. The molecule has 0 radical (unpaired) electrons. The van der Waals surface area contributed by atoms with Gasteiger partial charge in [0.15, 0.2) is 0 Å². The number of carbonyl (C=O) groups is 1. The molecule has 0 unspecified atom stereocenters. The minimum Gasteiger partial charge on any atom is -0.273 e. The van der Waals surface area contributed by atoms with Crippen LogP contribution in [0, 0.1) is 5.92 Å². The highest BCUT2D eigenvalue weighted by molar-refractivity contribution is 7.89. The van der Waals surface area contributed by atoms with Crippen molar-refractivity contribution in [2.75, 3.05) is 13.1 Å². The molecule has 1 aliphatic rings. The van der Waals surface area contributed by atoms with Crippen LogP contribution in [0.4, 0.5) is 0 Å². The van der Waals surface area contributed by atoms with Gasteiger partial charge in [0, 0.05) is 29.1 Å². The Morgan fingerprint density at radius 3 is 2.11 bits per heavy atom. The van der Waals surface area contributed by atoms with Crippen LogP contribution in [0.15, 0.2) is 58.5 Å². The molecule has 148 valence electrons. The Morgan fingerprint density at radius 2 is 1.54 bits per heavy atom. The van der Waals surface area contributed by atoms with Crippen LogP contribution in [0.5, 0.6) is 0 Å². The quantitative estimate of drug-likeness (QED) is 0.571. The van der Waals surface area contributed by atoms with Crippen LogP contribution >= 0.6 is 23.2 Å². The summed E-state index contributed by atoms with van der Waals surface area (Å²) in [6, 6.07) is 13.1. The van der Waals surface area contributed by atoms with Crippen LogP contribution in [0.3, 0.4) is 0 Å². The summed E-state index contributed by atoms with van der Waals surface area (Å²) < 4.78 is 26.8. The topological polar surface area (TPSA) is 78.8 Å². The standard InChI is InChI=1S/C19H19Cl2N3O3S/c20-16-3-1-14(2-4-16)13-22-23-19(25)15-9-11-24(12-10-15)28(26,27)18-7-5-17(21)6-8-18/h1-8,13,15H,9-12H2,(H,23,25)/b22-13-. The van der Waals surface area contributed by atoms with E-state index in [1.165, 1.54) is 22.7 Å². The van der Waals surface area contributed by atoms with E-state index in [-0.39, 0.29) is 29.8 Å². The fourth-order valence-electron chi connectivity index (χ4n) is 2.92. The third-order valence-electron chi connectivity index (χ3n) is 4.53. The molecule has 2 aromatic rings. The SMILES string of the molecule is O=C(N/N=C\c1ccc(Cl)cc1)C1CCN(S(=O)(=O)c2ccc(Cl)cc2)CC1. The van der Waals surface area contributed by atoms with Crippen LogP contribution in [0.25, 0.3) is 0 Å². The average Bonchev–Trinajstić information content (AvgIpc) is 2.70. The molecular formula is C19H19Cl2N3O3S. The lowest BCUT2D eigenvalue weighted by Crippen LogP contribution is -2.42. The molecule has 9 heteroatoms. The van der Waals surface area contributed by atoms with Crippen LogP contribution in [-0.2, 0) is 14.8 Å². The van der Waals surface area contributed by atoms with Crippen molar-refractivity contribution in [3.05, 3.63) is 64.1 Å². The van der Waals surface area contributed by atoms with Crippen LogP contribution in [-0.4, -0.2) is 37.9 Å². The Labute approximate surface area is 174 Å². The summed E-state index contributed by atoms with van der Waals surface area (Å²) in [7, 11) is -3.58. The number of hydrogen-bond donors (Lipinski definition) is 1. The predicted octanol–water partition coefficient (Wildman–Crippen LogP) is 3.54. The molecule has 28 heavy (non-hydrogen) atoms. The summed E-state index contributed by atoms with van der Waals surface area (Å²) in [5, 5.41) is 5.06. The number of hydrogen-bond acceptors (Lipinski definition) is 4. The second-order valence-corrected chi connectivity index (χ2v) is 9.23. The van der Waals surface area contributed by atoms with E-state index < -0.39 is 10.0 Å². The van der Waals surface area contributed by atoms with E-state index in [4.69, 9.17) is 23.2 Å². The molecule has 0 bridgehead atoms. The largest absolute Gasteiger partial charge is 0.273 e. The number of nitrogens with one attached hydrogen (secondary N) is 1. The van der Waals surface area contributed by atoms with Gasteiger partial charge in [-0.2, -0.15) is 9.41 Å². The summed E-state index contributed by atoms with van der Waals surface area (Å²) in [5.41, 5.74) is 3.34. The highest BCUT2D eigenvalue weighted by Gasteiger charge is 2.32. The Kier molecular flexibility index (Phi) is 6.72. The van der Waals surface area contributed by atoms with Crippen molar-refractivity contribution in [3.8, 4) is 0 Å². The monoisotopic (exact) mass is 439 g/mol. The lowest BCUT2D eigenvalue weighted by atomic mass is 9.98. The van der Waals surface area contributed by atoms with E-state index in [0.717, 1.165) is 5.56 Å². The van der Waals surface area contributed by atoms with Crippen molar-refractivity contribution in [2.24, 2.45) is 11.0 Å². The molecule has 3 rings (SSSR count). The summed E-state index contributed by atoms with van der Waals surface area (Å²) in [6.07, 6.45) is 2.42. The summed E-state index contributed by atoms with van der Waals surface area (Å²) in [4.78, 5) is 12.5. The van der Waals surface area contributed by atoms with E-state index >= 15 is 0 Å². The highest BCUT2D eigenvalue weighted by atomic mass is 35.5. The molecule has 0 saturated carbocycles. The molecule has 2 aromatic carbocycles. The summed E-state index contributed by atoms with van der Waals surface area (Å²) in [6.45, 7) is 0.563. The molecule has 1 N–H and O–H groups in total. The number of nitrogens with zero attached hydrogens (tertiary/aromatic N) is 2. The zero-order chi connectivity index (χ0) is 20.1. The third kappa shape index (κ3) is 5.11. The Bertz CT molecular complexity index is 953. The molecule has 1 amide bonds. The zero-order valence-corrected chi connectivity index (χ0v) is 17.2. The van der Waals surface area contributed by atoms with E-state index in [2.05, 4.69) is 10.5 Å². The van der Waals surface area contributed by atoms with E-state index in [9.17, 15) is 13.2 Å². The van der Waals surface area contributed by atoms with Gasteiger partial charge in [-0.15, -0.1) is 0 Å². The second kappa shape index (κ2) is 9.05. The van der Waals surface area contributed by atoms with Gasteiger partial charge in [-0.1, -0.05) is 35.3 Å². The lowest BCUT2D eigenvalue weighted by molar-refractivity contribution is -0.126. The number of benzene rings is 2. The minimum absolute atomic E-state index is 0.201. The molecule has 0 aromatic heterocycles. The average molecular weight is 440 g/mol. The van der Waals surface area contributed by atoms with Crippen LogP contribution in [0.2, 0.25) is 10.0 Å². The first-order chi connectivity index (χ1) is 13.4. The molecule has 1 heterocycles. The third-order valence-corrected chi connectivity index (χ3v) is 6.95. The summed E-state index contributed by atoms with van der Waals surface area (Å²) >= 11 is 11.6. The van der Waals surface area contributed by atoms with Crippen molar-refractivity contribution < 1.29 is 13.2 Å². The van der Waals surface area contributed by atoms with Crippen molar-refractivity contribution >= 4 is 45.3 Å². The number of hydrazone groups is 1. The van der Waals surface area contributed by atoms with Gasteiger partial charge in [0.25, 0.3) is 0 Å². The van der Waals surface area contributed by atoms with Crippen molar-refractivity contribution in [1.29, 1.82) is 0 Å². The van der Waals surface area contributed by atoms with Gasteiger partial charge in [-0.05, 0) is 54.8 Å². The minimum atomic E-state index is -3.58. The number of piperidine rings is 1. The fourth-order valence-corrected chi connectivity index (χ4v) is 4.65. The first-order valence-electron chi connectivity index (χ1n) is 8.70. The number of amides is 1. The fraction of sp³-hybridized carbons (Fsp3) is 0.263. The number of rotatable bonds is 5. The van der Waals surface area contributed by atoms with Crippen LogP contribution in [0.1, 0.15) is 18.4 Å². The first kappa shape index (κ1) is 20.8. The Balaban J connectivity index is 1.53. The molecule has 0 aliphatic carbocycles. The maximum atomic E-state index is 12.7. The van der Waals surface area contributed by atoms with Gasteiger partial charge >= 0.3 is 0 Å². The second-order valence-electron chi connectivity index (χ2n) is 6.42. The van der Waals surface area contributed by atoms with E-state index in [1.54, 1.807) is 36.4 Å². The lowest BCUT2D eigenvalue weighted by Gasteiger charge is -2.30. The Morgan fingerprint density at radius 1 is 1.00 bits per heavy atom. The van der Waals surface area contributed by atoms with E-state index in [1.807, 2.05) is 0 Å². The molecule has 1 fully saturated rings. The smallest absolute Gasteiger partial charge is 0.243 e. The van der Waals surface area contributed by atoms with Gasteiger partial charge in [0.1, 0.15) is 0 Å². The van der Waals surface area contributed by atoms with Crippen LogP contribution < -0.4 is 5.43 Å². The van der Waals surface area contributed by atoms with Crippen molar-refractivity contribution in [3.63, 3.8) is 0 Å². The highest BCUT2D eigenvalue weighted by Crippen LogP contribution is 2.24. The Hall–Kier alpha value is -1.93. The molecule has 1 aliphatic heterocycles.